The minimum Gasteiger partial charge on any atom is -0.497 e. The maximum Gasteiger partial charge on any atom is 0.118 e. The molecular weight excluding hydrogens is 350 g/mol. The molecule has 2 fully saturated rings. The summed E-state index contributed by atoms with van der Waals surface area (Å²) in [5, 5.41) is 11.4. The summed E-state index contributed by atoms with van der Waals surface area (Å²) < 4.78 is 10.6. The van der Waals surface area contributed by atoms with Crippen LogP contribution in [0.5, 0.6) is 11.5 Å². The Morgan fingerprint density at radius 2 is 1.18 bits per heavy atom. The third-order valence-corrected chi connectivity index (χ3v) is 6.93. The molecule has 4 rings (SSSR count). The van der Waals surface area contributed by atoms with E-state index in [-0.39, 0.29) is 17.9 Å². The average Bonchev–Trinajstić information content (AvgIpc) is 3.04. The van der Waals surface area contributed by atoms with Gasteiger partial charge in [-0.15, -0.1) is 0 Å². The van der Waals surface area contributed by atoms with Crippen LogP contribution in [-0.4, -0.2) is 49.5 Å². The second kappa shape index (κ2) is 8.14. The summed E-state index contributed by atoms with van der Waals surface area (Å²) in [7, 11) is 5.63. The maximum atomic E-state index is 11.4. The fourth-order valence-corrected chi connectivity index (χ4v) is 5.38. The Morgan fingerprint density at radius 1 is 0.786 bits per heavy atom. The molecule has 4 nitrogen and oxygen atoms in total. The van der Waals surface area contributed by atoms with Crippen molar-refractivity contribution in [2.24, 2.45) is 11.8 Å². The zero-order chi connectivity index (χ0) is 19.7. The van der Waals surface area contributed by atoms with Gasteiger partial charge < -0.3 is 14.6 Å². The molecule has 2 aliphatic heterocycles. The number of hydrogen-bond acceptors (Lipinski definition) is 4. The summed E-state index contributed by atoms with van der Waals surface area (Å²) in [6, 6.07) is 17.5. The Bertz CT molecular complexity index is 708. The first-order valence-corrected chi connectivity index (χ1v) is 10.3. The van der Waals surface area contributed by atoms with Gasteiger partial charge in [-0.05, 0) is 68.1 Å². The highest BCUT2D eigenvalue weighted by Crippen LogP contribution is 2.44. The molecule has 28 heavy (non-hydrogen) atoms. The number of ether oxygens (including phenoxy) is 2. The lowest BCUT2D eigenvalue weighted by atomic mass is 9.75. The lowest BCUT2D eigenvalue weighted by molar-refractivity contribution is -0.0549. The molecule has 2 aliphatic rings. The molecule has 0 radical (unpaired) electrons. The molecule has 2 aromatic carbocycles. The van der Waals surface area contributed by atoms with Crippen molar-refractivity contribution in [1.82, 2.24) is 4.90 Å². The Labute approximate surface area is 168 Å². The fraction of sp³-hybridized carbons (Fsp3) is 0.500. The van der Waals surface area contributed by atoms with Crippen molar-refractivity contribution in [2.75, 3.05) is 21.3 Å². The van der Waals surface area contributed by atoms with Crippen LogP contribution in [-0.2, 0) is 12.8 Å². The maximum absolute atomic E-state index is 11.4. The van der Waals surface area contributed by atoms with Crippen molar-refractivity contribution in [2.45, 2.75) is 43.9 Å². The van der Waals surface area contributed by atoms with Gasteiger partial charge in [0, 0.05) is 23.9 Å². The molecule has 2 saturated heterocycles. The zero-order valence-corrected chi connectivity index (χ0v) is 17.0. The molecule has 0 saturated carbocycles. The molecule has 2 heterocycles. The Hall–Kier alpha value is -2.04. The molecule has 0 amide bonds. The lowest BCUT2D eigenvalue weighted by Crippen LogP contribution is -2.56. The summed E-state index contributed by atoms with van der Waals surface area (Å²) in [6.45, 7) is 0. The van der Waals surface area contributed by atoms with Gasteiger partial charge in [-0.2, -0.15) is 0 Å². The quantitative estimate of drug-likeness (QED) is 0.831. The van der Waals surface area contributed by atoms with Crippen LogP contribution in [0, 0.1) is 11.8 Å². The van der Waals surface area contributed by atoms with E-state index in [1.165, 1.54) is 24.0 Å². The van der Waals surface area contributed by atoms with Crippen LogP contribution in [0.4, 0.5) is 0 Å². The molecule has 1 N–H and O–H groups in total. The van der Waals surface area contributed by atoms with Crippen molar-refractivity contribution in [3.05, 3.63) is 59.7 Å². The number of fused-ring (bicyclic) bond motifs is 2. The van der Waals surface area contributed by atoms with Crippen molar-refractivity contribution in [3.63, 3.8) is 0 Å². The number of hydrogen-bond donors (Lipinski definition) is 1. The van der Waals surface area contributed by atoms with Gasteiger partial charge in [-0.3, -0.25) is 4.90 Å². The summed E-state index contributed by atoms with van der Waals surface area (Å²) >= 11 is 0. The Balaban J connectivity index is 1.53. The van der Waals surface area contributed by atoms with Gasteiger partial charge in [0.1, 0.15) is 11.5 Å². The van der Waals surface area contributed by atoms with Gasteiger partial charge in [0.2, 0.25) is 0 Å². The van der Waals surface area contributed by atoms with Crippen molar-refractivity contribution < 1.29 is 14.6 Å². The smallest absolute Gasteiger partial charge is 0.118 e. The van der Waals surface area contributed by atoms with E-state index in [1.54, 1.807) is 14.2 Å². The second-order valence-electron chi connectivity index (χ2n) is 8.30. The van der Waals surface area contributed by atoms with Gasteiger partial charge in [0.05, 0.1) is 20.3 Å². The number of benzene rings is 2. The van der Waals surface area contributed by atoms with E-state index in [1.807, 2.05) is 24.3 Å². The van der Waals surface area contributed by atoms with E-state index < -0.39 is 0 Å². The van der Waals surface area contributed by atoms with Crippen molar-refractivity contribution in [3.8, 4) is 11.5 Å². The number of rotatable bonds is 6. The minimum atomic E-state index is -0.280. The van der Waals surface area contributed by atoms with Gasteiger partial charge in [-0.25, -0.2) is 0 Å². The molecule has 0 spiro atoms. The minimum absolute atomic E-state index is 0.264. The van der Waals surface area contributed by atoms with E-state index >= 15 is 0 Å². The highest BCUT2D eigenvalue weighted by atomic mass is 16.5. The normalized spacial score (nSPS) is 29.6. The van der Waals surface area contributed by atoms with Crippen LogP contribution in [0.1, 0.15) is 24.0 Å². The van der Waals surface area contributed by atoms with Crippen LogP contribution < -0.4 is 9.47 Å². The number of methoxy groups -OCH3 is 2. The monoisotopic (exact) mass is 381 g/mol. The van der Waals surface area contributed by atoms with Crippen LogP contribution >= 0.6 is 0 Å². The van der Waals surface area contributed by atoms with Crippen molar-refractivity contribution in [1.29, 1.82) is 0 Å². The van der Waals surface area contributed by atoms with E-state index in [4.69, 9.17) is 9.47 Å². The average molecular weight is 382 g/mol. The molecule has 2 bridgehead atoms. The van der Waals surface area contributed by atoms with Crippen molar-refractivity contribution >= 4 is 0 Å². The Morgan fingerprint density at radius 3 is 1.54 bits per heavy atom. The third kappa shape index (κ3) is 3.63. The van der Waals surface area contributed by atoms with Crippen LogP contribution in [0.3, 0.4) is 0 Å². The summed E-state index contributed by atoms with van der Waals surface area (Å²) in [6.07, 6.45) is 3.90. The van der Waals surface area contributed by atoms with Crippen LogP contribution in [0.15, 0.2) is 48.5 Å². The largest absolute Gasteiger partial charge is 0.497 e. The first-order chi connectivity index (χ1) is 13.6. The van der Waals surface area contributed by atoms with Gasteiger partial charge in [0.25, 0.3) is 0 Å². The van der Waals surface area contributed by atoms with E-state index in [0.29, 0.717) is 12.1 Å². The van der Waals surface area contributed by atoms with Gasteiger partial charge >= 0.3 is 0 Å². The van der Waals surface area contributed by atoms with E-state index in [0.717, 1.165) is 24.3 Å². The predicted molar refractivity (Wildman–Crippen MR) is 111 cm³/mol. The lowest BCUT2D eigenvalue weighted by Gasteiger charge is -2.46. The first kappa shape index (κ1) is 19.3. The van der Waals surface area contributed by atoms with Gasteiger partial charge in [0.15, 0.2) is 0 Å². The summed E-state index contributed by atoms with van der Waals surface area (Å²) in [5.74, 6) is 2.28. The highest BCUT2D eigenvalue weighted by Gasteiger charge is 2.50. The highest BCUT2D eigenvalue weighted by molar-refractivity contribution is 5.29. The van der Waals surface area contributed by atoms with Crippen LogP contribution in [0.25, 0.3) is 0 Å². The van der Waals surface area contributed by atoms with E-state index in [2.05, 4.69) is 36.2 Å². The summed E-state index contributed by atoms with van der Waals surface area (Å²) in [5.41, 5.74) is 2.54. The SMILES string of the molecule is COc1ccc(C[C@H]2C(O)[C@H](Cc3ccc(OC)cc3)[C@H]3CC[C@H]2N3C)cc1. The zero-order valence-electron chi connectivity index (χ0n) is 17.0. The third-order valence-electron chi connectivity index (χ3n) is 6.93. The Kier molecular flexibility index (Phi) is 5.61. The molecule has 4 atom stereocenters. The topological polar surface area (TPSA) is 41.9 Å². The standard InChI is InChI=1S/C24H31NO3/c1-25-22-12-13-23(25)21(15-17-6-10-19(28-3)11-7-17)24(26)20(22)14-16-4-8-18(27-2)9-5-16/h4-11,20-24,26H,12-15H2,1-3H3/t20-,21-,22-,23-/m1/s1. The predicted octanol–water partition coefficient (Wildman–Crippen LogP) is 3.56. The van der Waals surface area contributed by atoms with E-state index in [9.17, 15) is 5.11 Å². The number of aliphatic hydroxyl groups excluding tert-OH is 1. The molecular formula is C24H31NO3. The molecule has 0 aromatic heterocycles. The number of nitrogens with zero attached hydrogens (tertiary/aromatic N) is 1. The first-order valence-electron chi connectivity index (χ1n) is 10.3. The molecule has 4 heteroatoms. The fourth-order valence-electron chi connectivity index (χ4n) is 5.38. The second-order valence-corrected chi connectivity index (χ2v) is 8.30. The number of piperidine rings is 1. The van der Waals surface area contributed by atoms with Gasteiger partial charge in [-0.1, -0.05) is 24.3 Å². The molecule has 2 aromatic rings. The number of aliphatic hydroxyl groups is 1. The molecule has 0 aliphatic carbocycles. The molecule has 150 valence electrons. The summed E-state index contributed by atoms with van der Waals surface area (Å²) in [4.78, 5) is 2.54. The molecule has 0 unspecified atom stereocenters. The van der Waals surface area contributed by atoms with Crippen LogP contribution in [0.2, 0.25) is 0 Å².